The number of aromatic nitrogens is 5. The molecule has 29 heavy (non-hydrogen) atoms. The number of aryl methyl sites for hydroxylation is 1. The number of H-pyrrole nitrogens is 1. The van der Waals surface area contributed by atoms with Gasteiger partial charge in [0, 0.05) is 24.3 Å². The van der Waals surface area contributed by atoms with E-state index in [0.717, 1.165) is 35.2 Å². The number of fused-ring (bicyclic) bond motifs is 1. The van der Waals surface area contributed by atoms with Crippen LogP contribution in [0.15, 0.2) is 36.8 Å². The summed E-state index contributed by atoms with van der Waals surface area (Å²) in [5.74, 6) is 0.484. The fraction of sp³-hybridized carbons (Fsp3) is 0.263. The number of ether oxygens (including phenoxy) is 1. The van der Waals surface area contributed by atoms with Gasteiger partial charge in [0.1, 0.15) is 4.88 Å². The van der Waals surface area contributed by atoms with Crippen LogP contribution in [0.25, 0.3) is 10.9 Å². The van der Waals surface area contributed by atoms with Gasteiger partial charge < -0.3 is 15.4 Å². The summed E-state index contributed by atoms with van der Waals surface area (Å²) in [4.78, 5) is 17.6. The third-order valence-electron chi connectivity index (χ3n) is 4.92. The van der Waals surface area contributed by atoms with E-state index in [2.05, 4.69) is 30.9 Å². The first-order chi connectivity index (χ1) is 14.2. The number of rotatable bonds is 5. The normalized spacial score (nSPS) is 16.4. The van der Waals surface area contributed by atoms with Gasteiger partial charge in [-0.05, 0) is 25.0 Å². The van der Waals surface area contributed by atoms with Gasteiger partial charge in [0.05, 0.1) is 36.2 Å². The van der Waals surface area contributed by atoms with Gasteiger partial charge >= 0.3 is 0 Å². The first-order valence-corrected chi connectivity index (χ1v) is 10.1. The van der Waals surface area contributed by atoms with Crippen molar-refractivity contribution in [2.75, 3.05) is 23.8 Å². The molecule has 0 bridgehead atoms. The number of benzene rings is 1. The third kappa shape index (κ3) is 3.47. The summed E-state index contributed by atoms with van der Waals surface area (Å²) in [6.45, 7) is 3.41. The Morgan fingerprint density at radius 3 is 3.14 bits per heavy atom. The fourth-order valence-electron chi connectivity index (χ4n) is 3.35. The van der Waals surface area contributed by atoms with E-state index in [9.17, 15) is 4.79 Å². The van der Waals surface area contributed by atoms with Crippen LogP contribution in [0.1, 0.15) is 27.7 Å². The lowest BCUT2D eigenvalue weighted by molar-refractivity contribution is 0.103. The van der Waals surface area contributed by atoms with Gasteiger partial charge in [0.15, 0.2) is 10.9 Å². The minimum Gasteiger partial charge on any atom is -0.379 e. The smallest absolute Gasteiger partial charge is 0.267 e. The minimum absolute atomic E-state index is 0.207. The fourth-order valence-corrected chi connectivity index (χ4v) is 4.07. The zero-order valence-electron chi connectivity index (χ0n) is 15.7. The number of amides is 1. The van der Waals surface area contributed by atoms with Crippen LogP contribution in [0, 0.1) is 6.92 Å². The summed E-state index contributed by atoms with van der Waals surface area (Å²) in [6.07, 6.45) is 6.17. The number of thiazole rings is 1. The van der Waals surface area contributed by atoms with E-state index < -0.39 is 0 Å². The second-order valence-electron chi connectivity index (χ2n) is 6.90. The molecule has 148 valence electrons. The van der Waals surface area contributed by atoms with Crippen LogP contribution >= 0.6 is 11.3 Å². The highest BCUT2D eigenvalue weighted by atomic mass is 32.1. The molecule has 0 aliphatic carbocycles. The number of aromatic amines is 1. The molecule has 5 rings (SSSR count). The molecular weight excluding hydrogens is 390 g/mol. The Bertz CT molecular complexity index is 1170. The van der Waals surface area contributed by atoms with Crippen molar-refractivity contribution in [1.29, 1.82) is 0 Å². The van der Waals surface area contributed by atoms with Crippen molar-refractivity contribution >= 4 is 44.8 Å². The molecule has 0 radical (unpaired) electrons. The van der Waals surface area contributed by atoms with Crippen molar-refractivity contribution in [3.8, 4) is 0 Å². The van der Waals surface area contributed by atoms with Crippen LogP contribution < -0.4 is 10.6 Å². The number of anilines is 3. The summed E-state index contributed by atoms with van der Waals surface area (Å²) in [6, 6.07) is 6.06. The summed E-state index contributed by atoms with van der Waals surface area (Å²) in [7, 11) is 0. The quantitative estimate of drug-likeness (QED) is 0.466. The summed E-state index contributed by atoms with van der Waals surface area (Å²) < 4.78 is 7.31. The van der Waals surface area contributed by atoms with Gasteiger partial charge in [0.25, 0.3) is 5.91 Å². The number of hydrogen-bond donors (Lipinski definition) is 3. The highest BCUT2D eigenvalue weighted by molar-refractivity contribution is 7.17. The van der Waals surface area contributed by atoms with Crippen LogP contribution in [0.5, 0.6) is 0 Å². The van der Waals surface area contributed by atoms with Gasteiger partial charge in [-0.3, -0.25) is 14.6 Å². The Kier molecular flexibility index (Phi) is 4.49. The minimum atomic E-state index is -0.207. The van der Waals surface area contributed by atoms with Crippen molar-refractivity contribution in [1.82, 2.24) is 25.0 Å². The van der Waals surface area contributed by atoms with Crippen molar-refractivity contribution in [3.63, 3.8) is 0 Å². The lowest BCUT2D eigenvalue weighted by atomic mass is 10.1. The van der Waals surface area contributed by atoms with Gasteiger partial charge in [0.2, 0.25) is 0 Å². The summed E-state index contributed by atoms with van der Waals surface area (Å²) in [5, 5.41) is 19.1. The van der Waals surface area contributed by atoms with E-state index in [1.54, 1.807) is 12.4 Å². The highest BCUT2D eigenvalue weighted by Crippen LogP contribution is 2.28. The number of nitrogens with one attached hydrogen (secondary N) is 3. The monoisotopic (exact) mass is 409 g/mol. The largest absolute Gasteiger partial charge is 0.379 e. The Morgan fingerprint density at radius 1 is 1.34 bits per heavy atom. The molecule has 4 aromatic rings. The molecule has 1 saturated heterocycles. The van der Waals surface area contributed by atoms with Crippen LogP contribution in [-0.2, 0) is 4.74 Å². The van der Waals surface area contributed by atoms with Gasteiger partial charge in [-0.25, -0.2) is 4.98 Å². The molecule has 1 aliphatic heterocycles. The van der Waals surface area contributed by atoms with Crippen LogP contribution in [0.3, 0.4) is 0 Å². The Hall–Kier alpha value is -3.24. The van der Waals surface area contributed by atoms with Crippen LogP contribution in [-0.4, -0.2) is 44.1 Å². The zero-order chi connectivity index (χ0) is 19.8. The van der Waals surface area contributed by atoms with E-state index in [1.807, 2.05) is 36.0 Å². The van der Waals surface area contributed by atoms with E-state index in [1.165, 1.54) is 11.3 Å². The molecule has 4 heterocycles. The standard InChI is InChI=1S/C19H19N7O2S/c1-11-2-3-14-13(8-21-24-14)17(11)23-18(27)15-9-20-19(29-15)22-16-4-6-26(25-16)12-5-7-28-10-12/h2-4,6,8-9,12H,5,7,10H2,1H3,(H,21,24)(H,23,27)(H,20,22,25)/t12-/m0/s1. The molecule has 1 aromatic carbocycles. The van der Waals surface area contributed by atoms with E-state index >= 15 is 0 Å². The maximum Gasteiger partial charge on any atom is 0.267 e. The zero-order valence-corrected chi connectivity index (χ0v) is 16.5. The molecule has 3 aromatic heterocycles. The van der Waals surface area contributed by atoms with Gasteiger partial charge in [-0.15, -0.1) is 0 Å². The predicted molar refractivity (Wildman–Crippen MR) is 111 cm³/mol. The van der Waals surface area contributed by atoms with Crippen molar-refractivity contribution < 1.29 is 9.53 Å². The van der Waals surface area contributed by atoms with E-state index in [4.69, 9.17) is 4.74 Å². The lowest BCUT2D eigenvalue weighted by Gasteiger charge is -2.08. The maximum atomic E-state index is 12.7. The molecule has 0 spiro atoms. The number of carbonyl (C=O) groups is 1. The number of hydrogen-bond acceptors (Lipinski definition) is 7. The second kappa shape index (κ2) is 7.30. The summed E-state index contributed by atoms with van der Waals surface area (Å²) in [5.41, 5.74) is 2.60. The summed E-state index contributed by atoms with van der Waals surface area (Å²) >= 11 is 1.28. The molecule has 1 aliphatic rings. The maximum absolute atomic E-state index is 12.7. The van der Waals surface area contributed by atoms with Crippen molar-refractivity contribution in [2.45, 2.75) is 19.4 Å². The molecule has 0 unspecified atom stereocenters. The molecule has 0 saturated carbocycles. The number of nitrogens with zero attached hydrogens (tertiary/aromatic N) is 4. The molecule has 1 atom stereocenters. The van der Waals surface area contributed by atoms with Crippen LogP contribution in [0.4, 0.5) is 16.6 Å². The van der Waals surface area contributed by atoms with Crippen molar-refractivity contribution in [3.05, 3.63) is 47.2 Å². The van der Waals surface area contributed by atoms with Crippen LogP contribution in [0.2, 0.25) is 0 Å². The lowest BCUT2D eigenvalue weighted by Crippen LogP contribution is -2.11. The molecular formula is C19H19N7O2S. The molecule has 1 amide bonds. The van der Waals surface area contributed by atoms with E-state index in [0.29, 0.717) is 22.4 Å². The topological polar surface area (TPSA) is 110 Å². The number of carbonyl (C=O) groups excluding carboxylic acids is 1. The molecule has 3 N–H and O–H groups in total. The second-order valence-corrected chi connectivity index (χ2v) is 7.93. The average Bonchev–Trinajstić information content (AvgIpc) is 3.51. The molecule has 10 heteroatoms. The third-order valence-corrected chi connectivity index (χ3v) is 5.84. The Balaban J connectivity index is 1.30. The molecule has 1 fully saturated rings. The first-order valence-electron chi connectivity index (χ1n) is 9.27. The predicted octanol–water partition coefficient (Wildman–Crippen LogP) is 3.48. The highest BCUT2D eigenvalue weighted by Gasteiger charge is 2.19. The van der Waals surface area contributed by atoms with Gasteiger partial charge in [-0.2, -0.15) is 10.2 Å². The average molecular weight is 409 g/mol. The Morgan fingerprint density at radius 2 is 2.28 bits per heavy atom. The Labute approximate surface area is 170 Å². The first kappa shape index (κ1) is 17.8. The van der Waals surface area contributed by atoms with Crippen molar-refractivity contribution in [2.24, 2.45) is 0 Å². The van der Waals surface area contributed by atoms with E-state index in [-0.39, 0.29) is 11.9 Å². The SMILES string of the molecule is Cc1ccc2[nH]ncc2c1NC(=O)c1cnc(Nc2ccn([C@H]3CCOC3)n2)s1. The molecule has 9 nitrogen and oxygen atoms in total. The van der Waals surface area contributed by atoms with Gasteiger partial charge in [-0.1, -0.05) is 17.4 Å².